The summed E-state index contributed by atoms with van der Waals surface area (Å²) in [4.78, 5) is 58.6. The lowest BCUT2D eigenvalue weighted by Crippen LogP contribution is -2.71. The van der Waals surface area contributed by atoms with Crippen LogP contribution in [0.15, 0.2) is 22.0 Å². The number of oxime groups is 1. The molecule has 0 unspecified atom stereocenters. The number of rotatable bonds is 8. The summed E-state index contributed by atoms with van der Waals surface area (Å²) in [5.41, 5.74) is 5.38. The second-order valence-corrected chi connectivity index (χ2v) is 9.24. The first-order chi connectivity index (χ1) is 15.8. The van der Waals surface area contributed by atoms with Crippen molar-refractivity contribution in [2.24, 2.45) is 5.16 Å². The minimum Gasteiger partial charge on any atom is -0.492 e. The van der Waals surface area contributed by atoms with Crippen LogP contribution >= 0.6 is 23.1 Å². The van der Waals surface area contributed by atoms with Gasteiger partial charge in [-0.1, -0.05) is 5.16 Å². The SMILES string of the molecule is CON=C(C(=O)N[C@@H]1C(=O)N2C(C(=O)O)=C(OC[C@@H]3CCC(=O)N3)CS[C@@H]12)c1csc(N)n1. The molecule has 33 heavy (non-hydrogen) atoms. The van der Waals surface area contributed by atoms with Crippen LogP contribution in [0.5, 0.6) is 0 Å². The molecule has 0 spiro atoms. The summed E-state index contributed by atoms with van der Waals surface area (Å²) in [6.45, 7) is 0.110. The molecule has 1 aromatic heterocycles. The molecule has 5 N–H and O–H groups in total. The highest BCUT2D eigenvalue weighted by atomic mass is 32.2. The summed E-state index contributed by atoms with van der Waals surface area (Å²) in [6.07, 6.45) is 0.987. The van der Waals surface area contributed by atoms with Crippen molar-refractivity contribution >= 4 is 57.6 Å². The van der Waals surface area contributed by atoms with E-state index in [4.69, 9.17) is 15.3 Å². The fraction of sp³-hybridized carbons (Fsp3) is 0.444. The van der Waals surface area contributed by atoms with Gasteiger partial charge in [-0.3, -0.25) is 19.3 Å². The molecule has 13 nitrogen and oxygen atoms in total. The predicted octanol–water partition coefficient (Wildman–Crippen LogP) is -0.933. The molecule has 15 heteroatoms. The molecule has 0 saturated carbocycles. The van der Waals surface area contributed by atoms with Crippen molar-refractivity contribution in [2.75, 3.05) is 25.2 Å². The first kappa shape index (κ1) is 22.8. The number of fused-ring (bicyclic) bond motifs is 1. The zero-order valence-corrected chi connectivity index (χ0v) is 18.9. The zero-order chi connectivity index (χ0) is 23.7. The smallest absolute Gasteiger partial charge is 0.356 e. The number of β-lactam (4-membered cyclic amide) rings is 1. The number of nitrogens with one attached hydrogen (secondary N) is 2. The van der Waals surface area contributed by atoms with E-state index < -0.39 is 29.2 Å². The number of aliphatic carboxylic acids is 1. The largest absolute Gasteiger partial charge is 0.492 e. The number of anilines is 1. The quantitative estimate of drug-likeness (QED) is 0.199. The van der Waals surface area contributed by atoms with Crippen molar-refractivity contribution in [1.29, 1.82) is 0 Å². The molecule has 176 valence electrons. The minimum absolute atomic E-state index is 0.0812. The van der Waals surface area contributed by atoms with Gasteiger partial charge >= 0.3 is 5.97 Å². The predicted molar refractivity (Wildman–Crippen MR) is 117 cm³/mol. The average molecular weight is 497 g/mol. The van der Waals surface area contributed by atoms with Gasteiger partial charge in [0.05, 0.1) is 11.8 Å². The fourth-order valence-electron chi connectivity index (χ4n) is 3.61. The second kappa shape index (κ2) is 9.27. The van der Waals surface area contributed by atoms with Crippen molar-refractivity contribution in [2.45, 2.75) is 30.3 Å². The van der Waals surface area contributed by atoms with Gasteiger partial charge in [-0.2, -0.15) is 0 Å². The number of amides is 3. The summed E-state index contributed by atoms with van der Waals surface area (Å²) >= 11 is 2.37. The van der Waals surface area contributed by atoms with Gasteiger partial charge in [-0.15, -0.1) is 23.1 Å². The number of hydrogen-bond donors (Lipinski definition) is 4. The second-order valence-electron chi connectivity index (χ2n) is 7.25. The number of aromatic nitrogens is 1. The van der Waals surface area contributed by atoms with Crippen LogP contribution < -0.4 is 16.4 Å². The Labute approximate surface area is 195 Å². The molecule has 2 saturated heterocycles. The number of thioether (sulfide) groups is 1. The third-order valence-corrected chi connectivity index (χ3v) is 7.06. The van der Waals surface area contributed by atoms with Crippen molar-refractivity contribution in [3.63, 3.8) is 0 Å². The van der Waals surface area contributed by atoms with E-state index in [-0.39, 0.29) is 52.3 Å². The molecule has 4 heterocycles. The molecule has 3 amide bonds. The maximum atomic E-state index is 12.8. The van der Waals surface area contributed by atoms with Crippen LogP contribution in [0.4, 0.5) is 5.13 Å². The Morgan fingerprint density at radius 1 is 1.45 bits per heavy atom. The number of thiazole rings is 1. The maximum Gasteiger partial charge on any atom is 0.356 e. The van der Waals surface area contributed by atoms with Gasteiger partial charge < -0.3 is 31.0 Å². The molecule has 0 bridgehead atoms. The first-order valence-corrected chi connectivity index (χ1v) is 11.7. The Hall–Kier alpha value is -3.33. The molecule has 0 aromatic carbocycles. The van der Waals surface area contributed by atoms with Gasteiger partial charge in [-0.05, 0) is 6.42 Å². The lowest BCUT2D eigenvalue weighted by Gasteiger charge is -2.49. The molecular weight excluding hydrogens is 476 g/mol. The van der Waals surface area contributed by atoms with Gasteiger partial charge in [0.15, 0.2) is 16.5 Å². The summed E-state index contributed by atoms with van der Waals surface area (Å²) < 4.78 is 5.66. The van der Waals surface area contributed by atoms with E-state index in [0.717, 1.165) is 16.2 Å². The Bertz CT molecular complexity index is 1070. The van der Waals surface area contributed by atoms with Gasteiger partial charge in [-0.25, -0.2) is 9.78 Å². The molecule has 3 aliphatic rings. The van der Waals surface area contributed by atoms with E-state index in [1.165, 1.54) is 24.3 Å². The Morgan fingerprint density at radius 2 is 2.24 bits per heavy atom. The van der Waals surface area contributed by atoms with Crippen LogP contribution in [-0.2, 0) is 28.8 Å². The standard InChI is InChI=1S/C18H20N6O7S2/c1-30-23-11(8-5-33-18(19)21-8)14(26)22-12-15(27)24-13(17(28)29)9(6-32-16(12)24)31-4-7-2-3-10(25)20-7/h5,7,12,16H,2-4,6H2,1H3,(H2,19,21)(H,20,25)(H,22,26)(H,28,29)/t7-,12+,16-/m0/s1. The molecule has 0 radical (unpaired) electrons. The van der Waals surface area contributed by atoms with E-state index in [0.29, 0.717) is 12.8 Å². The molecule has 1 aromatic rings. The van der Waals surface area contributed by atoms with Gasteiger partial charge in [0.25, 0.3) is 11.8 Å². The number of carboxylic acid groups (broad SMARTS) is 1. The molecule has 2 fully saturated rings. The first-order valence-electron chi connectivity index (χ1n) is 9.76. The van der Waals surface area contributed by atoms with E-state index in [2.05, 4.69) is 20.8 Å². The normalized spacial score (nSPS) is 24.7. The third kappa shape index (κ3) is 4.45. The summed E-state index contributed by atoms with van der Waals surface area (Å²) in [5, 5.41) is 19.8. The zero-order valence-electron chi connectivity index (χ0n) is 17.3. The number of nitrogen functional groups attached to an aromatic ring is 1. The lowest BCUT2D eigenvalue weighted by molar-refractivity contribution is -0.150. The van der Waals surface area contributed by atoms with Crippen molar-refractivity contribution in [3.8, 4) is 0 Å². The highest BCUT2D eigenvalue weighted by Crippen LogP contribution is 2.40. The maximum absolute atomic E-state index is 12.8. The van der Waals surface area contributed by atoms with E-state index in [9.17, 15) is 24.3 Å². The Morgan fingerprint density at radius 3 is 2.85 bits per heavy atom. The molecule has 0 aliphatic carbocycles. The number of carboxylic acids is 1. The van der Waals surface area contributed by atoms with E-state index in [1.807, 2.05) is 0 Å². The number of nitrogens with two attached hydrogens (primary N) is 1. The number of carbonyl (C=O) groups is 4. The van der Waals surface area contributed by atoms with E-state index >= 15 is 0 Å². The summed E-state index contributed by atoms with van der Waals surface area (Å²) in [7, 11) is 1.26. The summed E-state index contributed by atoms with van der Waals surface area (Å²) in [6, 6.07) is -1.18. The molecule has 3 atom stereocenters. The molecule has 4 rings (SSSR count). The van der Waals surface area contributed by atoms with Crippen LogP contribution in [-0.4, -0.2) is 81.3 Å². The van der Waals surface area contributed by atoms with E-state index in [1.54, 1.807) is 0 Å². The Balaban J connectivity index is 1.46. The van der Waals surface area contributed by atoms with Crippen molar-refractivity contribution in [3.05, 3.63) is 22.5 Å². The topological polar surface area (TPSA) is 186 Å². The molecular formula is C18H20N6O7S2. The van der Waals surface area contributed by atoms with Crippen LogP contribution in [0.25, 0.3) is 0 Å². The minimum atomic E-state index is -1.32. The monoisotopic (exact) mass is 496 g/mol. The van der Waals surface area contributed by atoms with Crippen LogP contribution in [0, 0.1) is 0 Å². The number of ether oxygens (including phenoxy) is 1. The summed E-state index contributed by atoms with van der Waals surface area (Å²) in [5.74, 6) is -2.37. The van der Waals surface area contributed by atoms with Crippen LogP contribution in [0.1, 0.15) is 18.5 Å². The van der Waals surface area contributed by atoms with Gasteiger partial charge in [0.1, 0.15) is 36.6 Å². The van der Waals surface area contributed by atoms with Crippen LogP contribution in [0.3, 0.4) is 0 Å². The highest BCUT2D eigenvalue weighted by Gasteiger charge is 2.55. The van der Waals surface area contributed by atoms with Gasteiger partial charge in [0.2, 0.25) is 5.91 Å². The Kier molecular flexibility index (Phi) is 6.42. The van der Waals surface area contributed by atoms with Crippen molar-refractivity contribution in [1.82, 2.24) is 20.5 Å². The average Bonchev–Trinajstić information content (AvgIpc) is 3.40. The highest BCUT2D eigenvalue weighted by molar-refractivity contribution is 8.00. The molecule has 3 aliphatic heterocycles. The van der Waals surface area contributed by atoms with Crippen molar-refractivity contribution < 1.29 is 33.9 Å². The van der Waals surface area contributed by atoms with Crippen LogP contribution in [0.2, 0.25) is 0 Å². The van der Waals surface area contributed by atoms with Gasteiger partial charge in [0, 0.05) is 11.8 Å². The fourth-order valence-corrected chi connectivity index (χ4v) is 5.43. The number of hydrogen-bond acceptors (Lipinski definition) is 11. The lowest BCUT2D eigenvalue weighted by atomic mass is 10.0. The number of nitrogens with zero attached hydrogens (tertiary/aromatic N) is 3. The number of carbonyl (C=O) groups excluding carboxylic acids is 3. The third-order valence-electron chi connectivity index (χ3n) is 5.13.